The van der Waals surface area contributed by atoms with Gasteiger partial charge in [-0.15, -0.1) is 0 Å². The highest BCUT2D eigenvalue weighted by molar-refractivity contribution is 9.10. The van der Waals surface area contributed by atoms with Crippen LogP contribution in [0.25, 0.3) is 0 Å². The molecule has 2 nitrogen and oxygen atoms in total. The Morgan fingerprint density at radius 1 is 1.25 bits per heavy atom. The monoisotopic (exact) mass is 297 g/mol. The van der Waals surface area contributed by atoms with Crippen LogP contribution in [-0.2, 0) is 0 Å². The number of halogens is 4. The van der Waals surface area contributed by atoms with Crippen LogP contribution < -0.4 is 10.5 Å². The lowest BCUT2D eigenvalue weighted by Gasteiger charge is -2.18. The quantitative estimate of drug-likeness (QED) is 0.927. The van der Waals surface area contributed by atoms with E-state index in [2.05, 4.69) is 15.9 Å². The van der Waals surface area contributed by atoms with Crippen molar-refractivity contribution in [3.05, 3.63) is 28.7 Å². The largest absolute Gasteiger partial charge is 0.493 e. The first-order chi connectivity index (χ1) is 7.43. The maximum absolute atomic E-state index is 12.3. The van der Waals surface area contributed by atoms with Gasteiger partial charge in [0.15, 0.2) is 0 Å². The molecule has 0 aliphatic heterocycles. The summed E-state index contributed by atoms with van der Waals surface area (Å²) in [6, 6.07) is 6.57. The lowest BCUT2D eigenvalue weighted by atomic mass is 10.1. The van der Waals surface area contributed by atoms with Crippen LogP contribution in [0.15, 0.2) is 28.7 Å². The average molecular weight is 298 g/mol. The van der Waals surface area contributed by atoms with E-state index in [0.717, 1.165) is 4.47 Å². The van der Waals surface area contributed by atoms with Crippen LogP contribution in [-0.4, -0.2) is 19.3 Å². The Morgan fingerprint density at radius 2 is 1.81 bits per heavy atom. The normalized spacial score (nSPS) is 13.6. The van der Waals surface area contributed by atoms with Gasteiger partial charge in [0.25, 0.3) is 0 Å². The van der Waals surface area contributed by atoms with E-state index in [1.807, 2.05) is 0 Å². The van der Waals surface area contributed by atoms with Gasteiger partial charge in [-0.1, -0.05) is 15.9 Å². The van der Waals surface area contributed by atoms with Crippen molar-refractivity contribution in [2.24, 2.45) is 11.7 Å². The van der Waals surface area contributed by atoms with Crippen molar-refractivity contribution >= 4 is 15.9 Å². The molecule has 0 radical (unpaired) electrons. The zero-order chi connectivity index (χ0) is 12.2. The molecule has 0 saturated carbocycles. The number of hydrogen-bond acceptors (Lipinski definition) is 2. The molecule has 90 valence electrons. The first-order valence-corrected chi connectivity index (χ1v) is 5.38. The molecule has 6 heteroatoms. The highest BCUT2D eigenvalue weighted by Crippen LogP contribution is 2.26. The SMILES string of the molecule is NCC(COc1ccc(Br)cc1)C(F)(F)F. The lowest BCUT2D eigenvalue weighted by Crippen LogP contribution is -2.35. The van der Waals surface area contributed by atoms with E-state index >= 15 is 0 Å². The van der Waals surface area contributed by atoms with Crippen LogP contribution in [0.4, 0.5) is 13.2 Å². The fraction of sp³-hybridized carbons (Fsp3) is 0.400. The lowest BCUT2D eigenvalue weighted by molar-refractivity contribution is -0.178. The molecule has 0 aliphatic rings. The van der Waals surface area contributed by atoms with Gasteiger partial charge < -0.3 is 10.5 Å². The van der Waals surface area contributed by atoms with Crippen molar-refractivity contribution in [3.63, 3.8) is 0 Å². The smallest absolute Gasteiger partial charge is 0.396 e. The fourth-order valence-electron chi connectivity index (χ4n) is 1.02. The molecule has 1 rings (SSSR count). The van der Waals surface area contributed by atoms with Crippen LogP contribution in [0.1, 0.15) is 0 Å². The van der Waals surface area contributed by atoms with Crippen LogP contribution in [0.5, 0.6) is 5.75 Å². The minimum atomic E-state index is -4.32. The molecule has 1 aromatic carbocycles. The summed E-state index contributed by atoms with van der Waals surface area (Å²) in [4.78, 5) is 0. The van der Waals surface area contributed by atoms with Crippen LogP contribution in [0.2, 0.25) is 0 Å². The topological polar surface area (TPSA) is 35.2 Å². The Hall–Kier alpha value is -0.750. The molecule has 16 heavy (non-hydrogen) atoms. The van der Waals surface area contributed by atoms with Gasteiger partial charge in [-0.05, 0) is 24.3 Å². The second-order valence-electron chi connectivity index (χ2n) is 3.24. The van der Waals surface area contributed by atoms with Crippen molar-refractivity contribution in [2.45, 2.75) is 6.18 Å². The predicted molar refractivity (Wildman–Crippen MR) is 58.2 cm³/mol. The highest BCUT2D eigenvalue weighted by Gasteiger charge is 2.39. The standard InChI is InChI=1S/C10H11BrF3NO/c11-8-1-3-9(4-2-8)16-6-7(5-15)10(12,13)14/h1-4,7H,5-6,15H2. The number of benzene rings is 1. The van der Waals surface area contributed by atoms with Crippen molar-refractivity contribution in [3.8, 4) is 5.75 Å². The predicted octanol–water partition coefficient (Wildman–Crippen LogP) is 2.97. The highest BCUT2D eigenvalue weighted by atomic mass is 79.9. The third kappa shape index (κ3) is 4.02. The Bertz CT molecular complexity index is 326. The van der Waals surface area contributed by atoms with Crippen molar-refractivity contribution in [2.75, 3.05) is 13.2 Å². The minimum absolute atomic E-state index is 0.394. The van der Waals surface area contributed by atoms with Gasteiger partial charge in [-0.25, -0.2) is 0 Å². The summed E-state index contributed by atoms with van der Waals surface area (Å²) in [5, 5.41) is 0. The Morgan fingerprint density at radius 3 is 2.25 bits per heavy atom. The third-order valence-electron chi connectivity index (χ3n) is 2.01. The summed E-state index contributed by atoms with van der Waals surface area (Å²) in [6.45, 7) is -0.929. The Labute approximate surface area is 99.7 Å². The van der Waals surface area contributed by atoms with Gasteiger partial charge in [0.05, 0.1) is 0 Å². The molecule has 0 heterocycles. The minimum Gasteiger partial charge on any atom is -0.493 e. The maximum atomic E-state index is 12.3. The van der Waals surface area contributed by atoms with Gasteiger partial charge in [-0.2, -0.15) is 13.2 Å². The molecular weight excluding hydrogens is 287 g/mol. The summed E-state index contributed by atoms with van der Waals surface area (Å²) in [5.41, 5.74) is 5.04. The van der Waals surface area contributed by atoms with E-state index in [-0.39, 0.29) is 0 Å². The zero-order valence-corrected chi connectivity index (χ0v) is 9.88. The molecule has 2 N–H and O–H groups in total. The number of alkyl halides is 3. The molecular formula is C10H11BrF3NO. The summed E-state index contributed by atoms with van der Waals surface area (Å²) < 4.78 is 42.8. The number of hydrogen-bond donors (Lipinski definition) is 1. The summed E-state index contributed by atoms with van der Waals surface area (Å²) in [5.74, 6) is -1.23. The van der Waals surface area contributed by atoms with E-state index in [4.69, 9.17) is 10.5 Å². The molecule has 1 aromatic rings. The van der Waals surface area contributed by atoms with E-state index in [0.29, 0.717) is 5.75 Å². The van der Waals surface area contributed by atoms with E-state index in [1.165, 1.54) is 0 Å². The fourth-order valence-corrected chi connectivity index (χ4v) is 1.29. The Balaban J connectivity index is 2.53. The van der Waals surface area contributed by atoms with Crippen LogP contribution in [0.3, 0.4) is 0 Å². The first-order valence-electron chi connectivity index (χ1n) is 4.58. The van der Waals surface area contributed by atoms with Crippen molar-refractivity contribution in [1.82, 2.24) is 0 Å². The van der Waals surface area contributed by atoms with Gasteiger partial charge >= 0.3 is 6.18 Å². The first kappa shape index (κ1) is 13.3. The molecule has 0 spiro atoms. The second kappa shape index (κ2) is 5.54. The summed E-state index contributed by atoms with van der Waals surface area (Å²) in [6.07, 6.45) is -4.32. The Kier molecular flexibility index (Phi) is 4.61. The second-order valence-corrected chi connectivity index (χ2v) is 4.15. The van der Waals surface area contributed by atoms with Gasteiger partial charge in [0.1, 0.15) is 18.3 Å². The molecule has 0 saturated heterocycles. The molecule has 0 aliphatic carbocycles. The number of rotatable bonds is 4. The van der Waals surface area contributed by atoms with Crippen molar-refractivity contribution in [1.29, 1.82) is 0 Å². The van der Waals surface area contributed by atoms with Crippen molar-refractivity contribution < 1.29 is 17.9 Å². The van der Waals surface area contributed by atoms with Crippen LogP contribution in [0, 0.1) is 5.92 Å². The molecule has 1 atom stereocenters. The van der Waals surface area contributed by atoms with E-state index in [1.54, 1.807) is 24.3 Å². The number of nitrogens with two attached hydrogens (primary N) is 1. The molecule has 0 fully saturated rings. The van der Waals surface area contributed by atoms with Gasteiger partial charge in [0, 0.05) is 11.0 Å². The van der Waals surface area contributed by atoms with E-state index < -0.39 is 25.2 Å². The maximum Gasteiger partial charge on any atom is 0.396 e. The van der Waals surface area contributed by atoms with Gasteiger partial charge in [-0.3, -0.25) is 0 Å². The summed E-state index contributed by atoms with van der Waals surface area (Å²) >= 11 is 3.22. The number of ether oxygens (including phenoxy) is 1. The molecule has 0 amide bonds. The molecule has 0 bridgehead atoms. The summed E-state index contributed by atoms with van der Waals surface area (Å²) in [7, 11) is 0. The molecule has 0 aromatic heterocycles. The zero-order valence-electron chi connectivity index (χ0n) is 8.30. The van der Waals surface area contributed by atoms with E-state index in [9.17, 15) is 13.2 Å². The molecule has 1 unspecified atom stereocenters. The third-order valence-corrected chi connectivity index (χ3v) is 2.54. The average Bonchev–Trinajstić information content (AvgIpc) is 2.19. The van der Waals surface area contributed by atoms with Gasteiger partial charge in [0.2, 0.25) is 0 Å². The van der Waals surface area contributed by atoms with Crippen LogP contribution >= 0.6 is 15.9 Å².